The highest BCUT2D eigenvalue weighted by Crippen LogP contribution is 2.12. The van der Waals surface area contributed by atoms with E-state index in [9.17, 15) is 0 Å². The van der Waals surface area contributed by atoms with Crippen LogP contribution in [0.15, 0.2) is 24.3 Å². The van der Waals surface area contributed by atoms with Crippen LogP contribution in [-0.4, -0.2) is 6.54 Å². The molecule has 0 saturated heterocycles. The Morgan fingerprint density at radius 3 is 2.14 bits per heavy atom. The smallest absolute Gasteiger partial charge is 0.0340 e. The maximum atomic E-state index is 3.47. The van der Waals surface area contributed by atoms with Crippen LogP contribution in [0.3, 0.4) is 0 Å². The normalized spacial score (nSPS) is 10.6. The quantitative estimate of drug-likeness (QED) is 0.745. The lowest BCUT2D eigenvalue weighted by Gasteiger charge is -2.14. The first kappa shape index (κ1) is 11.1. The second-order valence-electron chi connectivity index (χ2n) is 3.93. The predicted octanol–water partition coefficient (Wildman–Crippen LogP) is 3.84. The molecular formula is C13H21N. The molecule has 0 saturated carbocycles. The van der Waals surface area contributed by atoms with Gasteiger partial charge in [0, 0.05) is 12.2 Å². The van der Waals surface area contributed by atoms with Crippen LogP contribution in [0, 0.1) is 12.8 Å². The van der Waals surface area contributed by atoms with E-state index in [4.69, 9.17) is 0 Å². The van der Waals surface area contributed by atoms with Gasteiger partial charge in [-0.1, -0.05) is 44.4 Å². The summed E-state index contributed by atoms with van der Waals surface area (Å²) in [6.45, 7) is 7.72. The van der Waals surface area contributed by atoms with Crippen molar-refractivity contribution in [2.24, 2.45) is 5.92 Å². The van der Waals surface area contributed by atoms with E-state index >= 15 is 0 Å². The monoisotopic (exact) mass is 191 g/mol. The number of rotatable bonds is 5. The zero-order valence-corrected chi connectivity index (χ0v) is 9.51. The average molecular weight is 191 g/mol. The van der Waals surface area contributed by atoms with Crippen LogP contribution in [0.25, 0.3) is 0 Å². The van der Waals surface area contributed by atoms with Gasteiger partial charge in [-0.2, -0.15) is 0 Å². The summed E-state index contributed by atoms with van der Waals surface area (Å²) in [6.07, 6.45) is 2.52. The van der Waals surface area contributed by atoms with Gasteiger partial charge in [0.2, 0.25) is 0 Å². The number of benzene rings is 1. The van der Waals surface area contributed by atoms with Crippen molar-refractivity contribution in [2.45, 2.75) is 33.6 Å². The lowest BCUT2D eigenvalue weighted by molar-refractivity contribution is 0.519. The van der Waals surface area contributed by atoms with Gasteiger partial charge in [0.1, 0.15) is 0 Å². The van der Waals surface area contributed by atoms with Crippen LogP contribution in [0.5, 0.6) is 0 Å². The minimum absolute atomic E-state index is 0.802. The van der Waals surface area contributed by atoms with Crippen LogP contribution in [0.1, 0.15) is 32.3 Å². The fourth-order valence-corrected chi connectivity index (χ4v) is 1.51. The maximum absolute atomic E-state index is 3.47. The number of anilines is 1. The second kappa shape index (κ2) is 5.69. The van der Waals surface area contributed by atoms with Gasteiger partial charge >= 0.3 is 0 Å². The molecule has 0 atom stereocenters. The Hall–Kier alpha value is -0.980. The highest BCUT2D eigenvalue weighted by Gasteiger charge is 2.01. The second-order valence-corrected chi connectivity index (χ2v) is 3.93. The van der Waals surface area contributed by atoms with Gasteiger partial charge in [-0.05, 0) is 25.0 Å². The zero-order chi connectivity index (χ0) is 10.4. The highest BCUT2D eigenvalue weighted by molar-refractivity contribution is 5.44. The molecule has 0 spiro atoms. The number of hydrogen-bond acceptors (Lipinski definition) is 1. The number of nitrogens with one attached hydrogen (secondary N) is 1. The minimum Gasteiger partial charge on any atom is -0.385 e. The Labute approximate surface area is 87.5 Å². The number of hydrogen-bond donors (Lipinski definition) is 1. The van der Waals surface area contributed by atoms with E-state index < -0.39 is 0 Å². The first-order valence-corrected chi connectivity index (χ1v) is 5.56. The van der Waals surface area contributed by atoms with E-state index in [1.165, 1.54) is 24.1 Å². The van der Waals surface area contributed by atoms with Crippen LogP contribution in [-0.2, 0) is 0 Å². The standard InChI is InChI=1S/C13H21N/c1-4-12(5-2)10-14-13-8-6-11(3)7-9-13/h6-9,12,14H,4-5,10H2,1-3H3. The summed E-state index contributed by atoms with van der Waals surface area (Å²) in [5.41, 5.74) is 2.56. The molecular weight excluding hydrogens is 170 g/mol. The van der Waals surface area contributed by atoms with E-state index in [0.29, 0.717) is 0 Å². The van der Waals surface area contributed by atoms with Crippen molar-refractivity contribution in [1.82, 2.24) is 0 Å². The van der Waals surface area contributed by atoms with Gasteiger partial charge in [-0.3, -0.25) is 0 Å². The first-order chi connectivity index (χ1) is 6.76. The van der Waals surface area contributed by atoms with E-state index in [1.807, 2.05) is 0 Å². The predicted molar refractivity (Wildman–Crippen MR) is 63.7 cm³/mol. The Kier molecular flexibility index (Phi) is 4.51. The number of aryl methyl sites for hydroxylation is 1. The third-order valence-corrected chi connectivity index (χ3v) is 2.80. The molecule has 0 bridgehead atoms. The highest BCUT2D eigenvalue weighted by atomic mass is 14.9. The SMILES string of the molecule is CCC(CC)CNc1ccc(C)cc1. The van der Waals surface area contributed by atoms with Crippen LogP contribution < -0.4 is 5.32 Å². The van der Waals surface area contributed by atoms with E-state index in [2.05, 4.69) is 50.4 Å². The van der Waals surface area contributed by atoms with Crippen LogP contribution in [0.4, 0.5) is 5.69 Å². The van der Waals surface area contributed by atoms with Gasteiger partial charge in [0.15, 0.2) is 0 Å². The molecule has 14 heavy (non-hydrogen) atoms. The fraction of sp³-hybridized carbons (Fsp3) is 0.538. The van der Waals surface area contributed by atoms with Crippen molar-refractivity contribution in [3.63, 3.8) is 0 Å². The van der Waals surface area contributed by atoms with Gasteiger partial charge in [-0.15, -0.1) is 0 Å². The molecule has 78 valence electrons. The van der Waals surface area contributed by atoms with Crippen molar-refractivity contribution in [2.75, 3.05) is 11.9 Å². The molecule has 0 unspecified atom stereocenters. The summed E-state index contributed by atoms with van der Waals surface area (Å²) in [6, 6.07) is 8.60. The molecule has 1 aromatic rings. The molecule has 0 fully saturated rings. The Morgan fingerprint density at radius 2 is 1.64 bits per heavy atom. The lowest BCUT2D eigenvalue weighted by atomic mass is 10.0. The van der Waals surface area contributed by atoms with Crippen LogP contribution >= 0.6 is 0 Å². The average Bonchev–Trinajstić information content (AvgIpc) is 2.22. The summed E-state index contributed by atoms with van der Waals surface area (Å²) >= 11 is 0. The molecule has 1 heteroatoms. The van der Waals surface area contributed by atoms with E-state index in [0.717, 1.165) is 12.5 Å². The molecule has 1 rings (SSSR count). The van der Waals surface area contributed by atoms with E-state index in [1.54, 1.807) is 0 Å². The van der Waals surface area contributed by atoms with Gasteiger partial charge in [0.25, 0.3) is 0 Å². The van der Waals surface area contributed by atoms with Gasteiger partial charge in [-0.25, -0.2) is 0 Å². The molecule has 0 aliphatic heterocycles. The van der Waals surface area contributed by atoms with Crippen LogP contribution in [0.2, 0.25) is 0 Å². The molecule has 1 N–H and O–H groups in total. The van der Waals surface area contributed by atoms with Gasteiger partial charge in [0.05, 0.1) is 0 Å². The molecule has 0 amide bonds. The zero-order valence-electron chi connectivity index (χ0n) is 9.51. The molecule has 0 heterocycles. The fourth-order valence-electron chi connectivity index (χ4n) is 1.51. The van der Waals surface area contributed by atoms with E-state index in [-0.39, 0.29) is 0 Å². The van der Waals surface area contributed by atoms with Crippen molar-refractivity contribution < 1.29 is 0 Å². The largest absolute Gasteiger partial charge is 0.385 e. The summed E-state index contributed by atoms with van der Waals surface area (Å²) in [5, 5.41) is 3.47. The molecule has 0 aliphatic rings. The summed E-state index contributed by atoms with van der Waals surface area (Å²) in [5.74, 6) is 0.802. The molecule has 0 aliphatic carbocycles. The topological polar surface area (TPSA) is 12.0 Å². The van der Waals surface area contributed by atoms with Gasteiger partial charge < -0.3 is 5.32 Å². The molecule has 0 aromatic heterocycles. The van der Waals surface area contributed by atoms with Crippen molar-refractivity contribution >= 4 is 5.69 Å². The summed E-state index contributed by atoms with van der Waals surface area (Å²) in [7, 11) is 0. The minimum atomic E-state index is 0.802. The lowest BCUT2D eigenvalue weighted by Crippen LogP contribution is -2.12. The van der Waals surface area contributed by atoms with Crippen molar-refractivity contribution in [3.8, 4) is 0 Å². The molecule has 0 radical (unpaired) electrons. The third-order valence-electron chi connectivity index (χ3n) is 2.80. The summed E-state index contributed by atoms with van der Waals surface area (Å²) < 4.78 is 0. The Bertz CT molecular complexity index is 246. The van der Waals surface area contributed by atoms with Crippen molar-refractivity contribution in [1.29, 1.82) is 0 Å². The Balaban J connectivity index is 2.41. The summed E-state index contributed by atoms with van der Waals surface area (Å²) in [4.78, 5) is 0. The molecule has 1 nitrogen and oxygen atoms in total. The maximum Gasteiger partial charge on any atom is 0.0340 e. The molecule has 1 aromatic carbocycles. The Morgan fingerprint density at radius 1 is 1.07 bits per heavy atom. The first-order valence-electron chi connectivity index (χ1n) is 5.56. The third kappa shape index (κ3) is 3.41. The van der Waals surface area contributed by atoms with Crippen molar-refractivity contribution in [3.05, 3.63) is 29.8 Å².